The van der Waals surface area contributed by atoms with Crippen molar-refractivity contribution in [1.82, 2.24) is 0 Å². The first-order chi connectivity index (χ1) is 12.1. The third-order valence-electron chi connectivity index (χ3n) is 2.78. The molecule has 1 saturated heterocycles. The molecule has 8 heteroatoms. The van der Waals surface area contributed by atoms with Gasteiger partial charge in [-0.3, -0.25) is 0 Å². The fraction of sp³-hybridized carbons (Fsp3) is 1.00. The smallest absolute Gasteiger partial charge is 0.377 e. The number of hydrogen-bond acceptors (Lipinski definition) is 7. The molecule has 1 aliphatic rings. The van der Waals surface area contributed by atoms with E-state index < -0.39 is 0 Å². The molecular formula is C18H38NaO7+. The van der Waals surface area contributed by atoms with E-state index in [2.05, 4.69) is 0 Å². The normalized spacial score (nSPS) is 19.6. The summed E-state index contributed by atoms with van der Waals surface area (Å²) in [6, 6.07) is 0. The van der Waals surface area contributed by atoms with Gasteiger partial charge in [0.15, 0.2) is 0 Å². The van der Waals surface area contributed by atoms with Gasteiger partial charge in [0.25, 0.3) is 0 Å². The summed E-state index contributed by atoms with van der Waals surface area (Å²) >= 11 is 0. The summed E-state index contributed by atoms with van der Waals surface area (Å²) in [6.45, 7) is 15.2. The molecule has 1 rings (SSSR count). The summed E-state index contributed by atoms with van der Waals surface area (Å²) in [5.41, 5.74) is 0. The molecule has 0 atom stereocenters. The fourth-order valence-corrected chi connectivity index (χ4v) is 1.86. The van der Waals surface area contributed by atoms with Crippen LogP contribution in [0.15, 0.2) is 0 Å². The molecule has 0 aromatic carbocycles. The van der Waals surface area contributed by atoms with Crippen molar-refractivity contribution in [1.29, 1.82) is 0 Å². The standard InChI is InChI=1S/C12H24O6.C6H14O.Na/c1-2-14-5-6-16-9-10-18-12-11-17-8-7-15-4-3-13-1;1-5(2)7-6(3)4;/h1-12H2;5-6H,1-4H3;/q;;+1. The molecule has 26 heavy (non-hydrogen) atoms. The first-order valence-corrected chi connectivity index (χ1v) is 9.24. The van der Waals surface area contributed by atoms with Crippen LogP contribution < -0.4 is 29.6 Å². The number of hydrogen-bond donors (Lipinski definition) is 0. The second kappa shape index (κ2) is 23.8. The van der Waals surface area contributed by atoms with E-state index in [4.69, 9.17) is 33.2 Å². The van der Waals surface area contributed by atoms with Gasteiger partial charge in [-0.25, -0.2) is 0 Å². The van der Waals surface area contributed by atoms with Gasteiger partial charge in [0.2, 0.25) is 0 Å². The maximum Gasteiger partial charge on any atom is 1.00 e. The molecule has 1 aliphatic heterocycles. The Kier molecular flexibility index (Phi) is 26.4. The van der Waals surface area contributed by atoms with Crippen LogP contribution in [0.1, 0.15) is 27.7 Å². The van der Waals surface area contributed by atoms with E-state index in [9.17, 15) is 0 Å². The van der Waals surface area contributed by atoms with E-state index in [1.807, 2.05) is 27.7 Å². The second-order valence-corrected chi connectivity index (χ2v) is 5.91. The van der Waals surface area contributed by atoms with Crippen molar-refractivity contribution in [3.8, 4) is 0 Å². The van der Waals surface area contributed by atoms with E-state index >= 15 is 0 Å². The first kappa shape index (κ1) is 28.9. The minimum Gasteiger partial charge on any atom is -0.377 e. The molecule has 0 aromatic rings. The van der Waals surface area contributed by atoms with Gasteiger partial charge < -0.3 is 33.2 Å². The topological polar surface area (TPSA) is 64.6 Å². The van der Waals surface area contributed by atoms with Gasteiger partial charge in [0.1, 0.15) is 0 Å². The summed E-state index contributed by atoms with van der Waals surface area (Å²) in [5, 5.41) is 0. The van der Waals surface area contributed by atoms with E-state index in [0.717, 1.165) is 0 Å². The van der Waals surface area contributed by atoms with Crippen LogP contribution in [0.5, 0.6) is 0 Å². The van der Waals surface area contributed by atoms with E-state index in [1.54, 1.807) is 0 Å². The van der Waals surface area contributed by atoms with Gasteiger partial charge >= 0.3 is 29.6 Å². The van der Waals surface area contributed by atoms with Crippen LogP contribution in [-0.4, -0.2) is 91.5 Å². The zero-order chi connectivity index (χ0) is 18.6. The molecular weight excluding hydrogens is 351 g/mol. The number of ether oxygens (including phenoxy) is 7. The van der Waals surface area contributed by atoms with Crippen LogP contribution in [0, 0.1) is 0 Å². The summed E-state index contributed by atoms with van der Waals surface area (Å²) in [5.74, 6) is 0. The van der Waals surface area contributed by atoms with E-state index in [0.29, 0.717) is 91.5 Å². The molecule has 152 valence electrons. The molecule has 0 N–H and O–H groups in total. The predicted octanol–water partition coefficient (Wildman–Crippen LogP) is -1.08. The average Bonchev–Trinajstić information content (AvgIpc) is 2.54. The summed E-state index contributed by atoms with van der Waals surface area (Å²) < 4.78 is 37.2. The molecule has 0 bridgehead atoms. The van der Waals surface area contributed by atoms with Crippen molar-refractivity contribution in [2.45, 2.75) is 39.9 Å². The monoisotopic (exact) mass is 389 g/mol. The molecule has 0 aromatic heterocycles. The van der Waals surface area contributed by atoms with Crippen molar-refractivity contribution in [2.75, 3.05) is 79.3 Å². The van der Waals surface area contributed by atoms with Crippen LogP contribution in [-0.2, 0) is 33.2 Å². The summed E-state index contributed by atoms with van der Waals surface area (Å²) in [7, 11) is 0. The van der Waals surface area contributed by atoms with Gasteiger partial charge in [-0.2, -0.15) is 0 Å². The van der Waals surface area contributed by atoms with Crippen molar-refractivity contribution in [3.05, 3.63) is 0 Å². The molecule has 1 fully saturated rings. The molecule has 0 spiro atoms. The van der Waals surface area contributed by atoms with Crippen LogP contribution in [0.2, 0.25) is 0 Å². The third kappa shape index (κ3) is 26.9. The predicted molar refractivity (Wildman–Crippen MR) is 96.3 cm³/mol. The van der Waals surface area contributed by atoms with Gasteiger partial charge in [-0.1, -0.05) is 0 Å². The third-order valence-corrected chi connectivity index (χ3v) is 2.78. The molecule has 0 radical (unpaired) electrons. The van der Waals surface area contributed by atoms with Crippen LogP contribution in [0.4, 0.5) is 0 Å². The Bertz CT molecular complexity index is 175. The van der Waals surface area contributed by atoms with Crippen molar-refractivity contribution in [2.24, 2.45) is 0 Å². The molecule has 0 saturated carbocycles. The summed E-state index contributed by atoms with van der Waals surface area (Å²) in [4.78, 5) is 0. The molecule has 0 unspecified atom stereocenters. The van der Waals surface area contributed by atoms with Crippen LogP contribution in [0.25, 0.3) is 0 Å². The maximum atomic E-state index is 5.33. The van der Waals surface area contributed by atoms with Gasteiger partial charge in [0.05, 0.1) is 91.5 Å². The second-order valence-electron chi connectivity index (χ2n) is 5.91. The maximum absolute atomic E-state index is 5.33. The van der Waals surface area contributed by atoms with Crippen molar-refractivity contribution in [3.63, 3.8) is 0 Å². The van der Waals surface area contributed by atoms with Gasteiger partial charge in [-0.05, 0) is 27.7 Å². The Balaban J connectivity index is 0. The number of rotatable bonds is 2. The largest absolute Gasteiger partial charge is 1.00 e. The van der Waals surface area contributed by atoms with Crippen molar-refractivity contribution >= 4 is 0 Å². The Labute approximate surface area is 181 Å². The minimum absolute atomic E-state index is 0. The Morgan fingerprint density at radius 1 is 0.423 bits per heavy atom. The minimum atomic E-state index is 0. The van der Waals surface area contributed by atoms with Crippen molar-refractivity contribution < 1.29 is 62.7 Å². The molecule has 1 heterocycles. The average molecular weight is 389 g/mol. The van der Waals surface area contributed by atoms with Gasteiger partial charge in [-0.15, -0.1) is 0 Å². The Morgan fingerprint density at radius 3 is 0.654 bits per heavy atom. The zero-order valence-corrected chi connectivity index (χ0v) is 19.5. The van der Waals surface area contributed by atoms with Crippen LogP contribution >= 0.6 is 0 Å². The Morgan fingerprint density at radius 2 is 0.577 bits per heavy atom. The Hall–Kier alpha value is 0.720. The molecule has 0 amide bonds. The fourth-order valence-electron chi connectivity index (χ4n) is 1.86. The first-order valence-electron chi connectivity index (χ1n) is 9.24. The van der Waals surface area contributed by atoms with Gasteiger partial charge in [0, 0.05) is 0 Å². The SMILES string of the molecule is C1COCCOCCOCCOCCOCCO1.CC(C)OC(C)C.[Na+]. The summed E-state index contributed by atoms with van der Waals surface area (Å²) in [6.07, 6.45) is 0.750. The zero-order valence-electron chi connectivity index (χ0n) is 17.5. The van der Waals surface area contributed by atoms with E-state index in [1.165, 1.54) is 0 Å². The molecule has 7 nitrogen and oxygen atoms in total. The quantitative estimate of drug-likeness (QED) is 0.557. The van der Waals surface area contributed by atoms with E-state index in [-0.39, 0.29) is 29.6 Å². The van der Waals surface area contributed by atoms with Crippen LogP contribution in [0.3, 0.4) is 0 Å². The molecule has 0 aliphatic carbocycles.